The number of benzene rings is 1. The van der Waals surface area contributed by atoms with E-state index in [1.807, 2.05) is 48.5 Å². The van der Waals surface area contributed by atoms with Gasteiger partial charge in [0.2, 0.25) is 0 Å². The van der Waals surface area contributed by atoms with E-state index in [0.29, 0.717) is 35.6 Å². The summed E-state index contributed by atoms with van der Waals surface area (Å²) in [6.45, 7) is 0.468. The van der Waals surface area contributed by atoms with Crippen molar-refractivity contribution in [2.24, 2.45) is 11.8 Å². The van der Waals surface area contributed by atoms with Gasteiger partial charge in [-0.2, -0.15) is 5.10 Å². The zero-order valence-electron chi connectivity index (χ0n) is 17.2. The summed E-state index contributed by atoms with van der Waals surface area (Å²) in [6, 6.07) is 16.0. The first-order valence-electron chi connectivity index (χ1n) is 11.0. The molecule has 6 rings (SSSR count). The molecule has 6 heteroatoms. The summed E-state index contributed by atoms with van der Waals surface area (Å²) >= 11 is 0. The SMILES string of the molecule is O=C(NC(C1CC1)C1CC1)c1cc(-c2ccccc2)nc2c1cnn2Cc1ccco1. The van der Waals surface area contributed by atoms with Crippen molar-refractivity contribution in [3.8, 4) is 11.3 Å². The van der Waals surface area contributed by atoms with E-state index in [2.05, 4.69) is 10.4 Å². The van der Waals surface area contributed by atoms with Gasteiger partial charge in [-0.05, 0) is 55.7 Å². The molecular formula is C25H24N4O2. The first-order chi connectivity index (χ1) is 15.3. The van der Waals surface area contributed by atoms with Crippen LogP contribution in [-0.4, -0.2) is 26.7 Å². The van der Waals surface area contributed by atoms with Gasteiger partial charge >= 0.3 is 0 Å². The minimum Gasteiger partial charge on any atom is -0.467 e. The third-order valence-corrected chi connectivity index (χ3v) is 6.37. The van der Waals surface area contributed by atoms with Crippen molar-refractivity contribution in [1.82, 2.24) is 20.1 Å². The van der Waals surface area contributed by atoms with Crippen molar-refractivity contribution in [1.29, 1.82) is 0 Å². The molecule has 2 aliphatic carbocycles. The average molecular weight is 412 g/mol. The van der Waals surface area contributed by atoms with Gasteiger partial charge in [-0.15, -0.1) is 0 Å². The van der Waals surface area contributed by atoms with E-state index in [0.717, 1.165) is 22.4 Å². The largest absolute Gasteiger partial charge is 0.467 e. The Hall–Kier alpha value is -3.41. The lowest BCUT2D eigenvalue weighted by Crippen LogP contribution is -2.38. The molecule has 2 fully saturated rings. The van der Waals surface area contributed by atoms with Crippen molar-refractivity contribution >= 4 is 16.9 Å². The summed E-state index contributed by atoms with van der Waals surface area (Å²) < 4.78 is 7.30. The minimum absolute atomic E-state index is 0.0223. The molecule has 0 aliphatic heterocycles. The second-order valence-electron chi connectivity index (χ2n) is 8.71. The van der Waals surface area contributed by atoms with E-state index >= 15 is 0 Å². The fraction of sp³-hybridized carbons (Fsp3) is 0.320. The zero-order chi connectivity index (χ0) is 20.8. The van der Waals surface area contributed by atoms with E-state index in [4.69, 9.17) is 9.40 Å². The molecular weight excluding hydrogens is 388 g/mol. The zero-order valence-corrected chi connectivity index (χ0v) is 17.2. The lowest BCUT2D eigenvalue weighted by atomic mass is 10.0. The molecule has 4 aromatic rings. The highest BCUT2D eigenvalue weighted by molar-refractivity contribution is 6.06. The molecule has 1 N–H and O–H groups in total. The Balaban J connectivity index is 1.42. The van der Waals surface area contributed by atoms with Crippen molar-refractivity contribution in [2.75, 3.05) is 0 Å². The van der Waals surface area contributed by atoms with Crippen LogP contribution >= 0.6 is 0 Å². The molecule has 3 aromatic heterocycles. The van der Waals surface area contributed by atoms with E-state index in [1.54, 1.807) is 17.1 Å². The summed E-state index contributed by atoms with van der Waals surface area (Å²) in [7, 11) is 0. The Labute approximate surface area is 180 Å². The van der Waals surface area contributed by atoms with Crippen LogP contribution in [0.25, 0.3) is 22.3 Å². The summed E-state index contributed by atoms with van der Waals surface area (Å²) in [5, 5.41) is 8.67. The van der Waals surface area contributed by atoms with E-state index in [9.17, 15) is 4.79 Å². The molecule has 0 atom stereocenters. The lowest BCUT2D eigenvalue weighted by molar-refractivity contribution is 0.0928. The van der Waals surface area contributed by atoms with Crippen LogP contribution in [0.3, 0.4) is 0 Å². The van der Waals surface area contributed by atoms with Crippen molar-refractivity contribution in [3.63, 3.8) is 0 Å². The van der Waals surface area contributed by atoms with E-state index < -0.39 is 0 Å². The number of hydrogen-bond donors (Lipinski definition) is 1. The number of amides is 1. The number of aromatic nitrogens is 3. The second kappa shape index (κ2) is 7.38. The number of pyridine rings is 1. The Morgan fingerprint density at radius 3 is 2.55 bits per heavy atom. The molecule has 1 aromatic carbocycles. The molecule has 0 unspecified atom stereocenters. The van der Waals surface area contributed by atoms with Gasteiger partial charge in [0, 0.05) is 11.6 Å². The quantitative estimate of drug-likeness (QED) is 0.479. The molecule has 0 radical (unpaired) electrons. The van der Waals surface area contributed by atoms with Gasteiger partial charge < -0.3 is 9.73 Å². The normalized spacial score (nSPS) is 16.2. The smallest absolute Gasteiger partial charge is 0.252 e. The Bertz CT molecular complexity index is 1210. The summed E-state index contributed by atoms with van der Waals surface area (Å²) in [4.78, 5) is 18.3. The Kier molecular flexibility index (Phi) is 4.37. The number of furan rings is 1. The fourth-order valence-electron chi connectivity index (χ4n) is 4.42. The van der Waals surface area contributed by atoms with Crippen molar-refractivity contribution < 1.29 is 9.21 Å². The van der Waals surface area contributed by atoms with Crippen molar-refractivity contribution in [2.45, 2.75) is 38.3 Å². The highest BCUT2D eigenvalue weighted by Crippen LogP contribution is 2.44. The highest BCUT2D eigenvalue weighted by Gasteiger charge is 2.42. The monoisotopic (exact) mass is 412 g/mol. The van der Waals surface area contributed by atoms with Crippen LogP contribution in [0.4, 0.5) is 0 Å². The molecule has 2 aliphatic rings. The number of carbonyl (C=O) groups excluding carboxylic acids is 1. The first kappa shape index (κ1) is 18.4. The van der Waals surface area contributed by atoms with Crippen LogP contribution < -0.4 is 5.32 Å². The number of carbonyl (C=O) groups is 1. The predicted octanol–water partition coefficient (Wildman–Crippen LogP) is 4.66. The van der Waals surface area contributed by atoms with Crippen LogP contribution in [0, 0.1) is 11.8 Å². The van der Waals surface area contributed by atoms with Gasteiger partial charge in [-0.25, -0.2) is 9.67 Å². The van der Waals surface area contributed by atoms with Gasteiger partial charge in [0.25, 0.3) is 5.91 Å². The molecule has 6 nitrogen and oxygen atoms in total. The van der Waals surface area contributed by atoms with E-state index in [-0.39, 0.29) is 5.91 Å². The summed E-state index contributed by atoms with van der Waals surface area (Å²) in [5.41, 5.74) is 3.08. The Morgan fingerprint density at radius 1 is 1.10 bits per heavy atom. The van der Waals surface area contributed by atoms with Crippen LogP contribution in [-0.2, 0) is 6.54 Å². The molecule has 0 saturated heterocycles. The van der Waals surface area contributed by atoms with Crippen molar-refractivity contribution in [3.05, 3.63) is 72.3 Å². The first-order valence-corrected chi connectivity index (χ1v) is 11.0. The highest BCUT2D eigenvalue weighted by atomic mass is 16.3. The maximum atomic E-state index is 13.4. The second-order valence-corrected chi connectivity index (χ2v) is 8.71. The van der Waals surface area contributed by atoms with Gasteiger partial charge in [0.05, 0.1) is 29.1 Å². The third-order valence-electron chi connectivity index (χ3n) is 6.37. The number of fused-ring (bicyclic) bond motifs is 1. The van der Waals surface area contributed by atoms with Crippen LogP contribution in [0.15, 0.2) is 65.4 Å². The van der Waals surface area contributed by atoms with Gasteiger partial charge in [0.1, 0.15) is 12.3 Å². The molecule has 0 bridgehead atoms. The average Bonchev–Trinajstić information content (AvgIpc) is 3.73. The molecule has 3 heterocycles. The maximum absolute atomic E-state index is 13.4. The topological polar surface area (TPSA) is 73.0 Å². The third kappa shape index (κ3) is 3.63. The minimum atomic E-state index is -0.0223. The summed E-state index contributed by atoms with van der Waals surface area (Å²) in [6.07, 6.45) is 8.30. The summed E-state index contributed by atoms with van der Waals surface area (Å²) in [5.74, 6) is 2.06. The fourth-order valence-corrected chi connectivity index (χ4v) is 4.42. The van der Waals surface area contributed by atoms with E-state index in [1.165, 1.54) is 25.7 Å². The molecule has 31 heavy (non-hydrogen) atoms. The van der Waals surface area contributed by atoms with Crippen LogP contribution in [0.1, 0.15) is 41.8 Å². The van der Waals surface area contributed by atoms with Crippen LogP contribution in [0.2, 0.25) is 0 Å². The molecule has 156 valence electrons. The standard InChI is InChI=1S/C25H24N4O2/c30-25(28-23(17-8-9-17)18-10-11-18)20-13-22(16-5-2-1-3-6-16)27-24-21(20)14-26-29(24)15-19-7-4-12-31-19/h1-7,12-14,17-18,23H,8-11,15H2,(H,28,30). The molecule has 1 amide bonds. The lowest BCUT2D eigenvalue weighted by Gasteiger charge is -2.18. The number of rotatable bonds is 7. The molecule has 0 spiro atoms. The van der Waals surface area contributed by atoms with Gasteiger partial charge in [-0.3, -0.25) is 4.79 Å². The number of hydrogen-bond acceptors (Lipinski definition) is 4. The van der Waals surface area contributed by atoms with Crippen LogP contribution in [0.5, 0.6) is 0 Å². The predicted molar refractivity (Wildman–Crippen MR) is 117 cm³/mol. The van der Waals surface area contributed by atoms with Gasteiger partial charge in [0.15, 0.2) is 5.65 Å². The molecule has 2 saturated carbocycles. The number of nitrogens with one attached hydrogen (secondary N) is 1. The number of nitrogens with zero attached hydrogens (tertiary/aromatic N) is 3. The maximum Gasteiger partial charge on any atom is 0.252 e. The van der Waals surface area contributed by atoms with Gasteiger partial charge in [-0.1, -0.05) is 30.3 Å². The Morgan fingerprint density at radius 2 is 1.87 bits per heavy atom.